The molecule has 0 aromatic heterocycles. The number of nitrogens with one attached hydrogen (secondary N) is 1. The van der Waals surface area contributed by atoms with Crippen LogP contribution in [0, 0.1) is 11.8 Å². The van der Waals surface area contributed by atoms with Crippen LogP contribution in [0.3, 0.4) is 0 Å². The molecule has 1 N–H and O–H groups in total. The van der Waals surface area contributed by atoms with Gasteiger partial charge < -0.3 is 5.32 Å². The molecule has 0 amide bonds. The van der Waals surface area contributed by atoms with Gasteiger partial charge in [0, 0.05) is 24.7 Å². The van der Waals surface area contributed by atoms with Gasteiger partial charge in [-0.05, 0) is 45.1 Å². The Labute approximate surface area is 107 Å². The molecule has 4 atom stereocenters. The van der Waals surface area contributed by atoms with Crippen LogP contribution in [0.25, 0.3) is 0 Å². The first-order chi connectivity index (χ1) is 8.13. The number of rotatable bonds is 5. The number of hydrogen-bond acceptors (Lipinski definition) is 2. The predicted octanol–water partition coefficient (Wildman–Crippen LogP) is 2.88. The van der Waals surface area contributed by atoms with Crippen LogP contribution < -0.4 is 5.32 Å². The van der Waals surface area contributed by atoms with Crippen LogP contribution in [0.15, 0.2) is 0 Å². The molecule has 1 saturated heterocycles. The number of nitrogens with zero attached hydrogens (tertiary/aromatic N) is 1. The molecule has 0 bridgehead atoms. The van der Waals surface area contributed by atoms with Crippen molar-refractivity contribution < 1.29 is 0 Å². The van der Waals surface area contributed by atoms with Crippen molar-refractivity contribution >= 4 is 0 Å². The third-order valence-corrected chi connectivity index (χ3v) is 5.02. The van der Waals surface area contributed by atoms with Crippen molar-refractivity contribution in [2.45, 2.75) is 71.5 Å². The molecule has 1 heterocycles. The summed E-state index contributed by atoms with van der Waals surface area (Å²) in [6.07, 6.45) is 5.74. The minimum Gasteiger partial charge on any atom is -0.314 e. The van der Waals surface area contributed by atoms with E-state index in [0.29, 0.717) is 0 Å². The molecule has 100 valence electrons. The molecule has 2 aliphatic rings. The molecule has 0 aromatic carbocycles. The number of piperidine rings is 1. The highest BCUT2D eigenvalue weighted by Gasteiger charge is 2.35. The van der Waals surface area contributed by atoms with Crippen molar-refractivity contribution in [3.8, 4) is 0 Å². The minimum absolute atomic E-state index is 0.736. The van der Waals surface area contributed by atoms with Gasteiger partial charge in [0.15, 0.2) is 0 Å². The fraction of sp³-hybridized carbons (Fsp3) is 1.00. The Hall–Kier alpha value is -0.0800. The fourth-order valence-corrected chi connectivity index (χ4v) is 3.54. The van der Waals surface area contributed by atoms with E-state index in [9.17, 15) is 0 Å². The van der Waals surface area contributed by atoms with E-state index in [1.54, 1.807) is 0 Å². The van der Waals surface area contributed by atoms with E-state index in [4.69, 9.17) is 0 Å². The topological polar surface area (TPSA) is 15.3 Å². The van der Waals surface area contributed by atoms with Crippen LogP contribution in [-0.4, -0.2) is 36.1 Å². The van der Waals surface area contributed by atoms with Crippen LogP contribution in [0.1, 0.15) is 53.4 Å². The molecule has 1 aliphatic heterocycles. The second-order valence-corrected chi connectivity index (χ2v) is 6.32. The van der Waals surface area contributed by atoms with Crippen molar-refractivity contribution in [3.63, 3.8) is 0 Å². The van der Waals surface area contributed by atoms with Gasteiger partial charge in [-0.2, -0.15) is 0 Å². The van der Waals surface area contributed by atoms with Crippen LogP contribution in [0.4, 0.5) is 0 Å². The summed E-state index contributed by atoms with van der Waals surface area (Å²) in [4.78, 5) is 2.76. The lowest BCUT2D eigenvalue weighted by molar-refractivity contribution is 0.0483. The molecule has 2 heteroatoms. The SMILES string of the molecule is CCNC1CCN(C(C)CC2CC2)C(C)C1C. The second kappa shape index (κ2) is 5.71. The lowest BCUT2D eigenvalue weighted by Crippen LogP contribution is -2.55. The largest absolute Gasteiger partial charge is 0.314 e. The molecule has 0 aromatic rings. The van der Waals surface area contributed by atoms with Crippen molar-refractivity contribution in [3.05, 3.63) is 0 Å². The Morgan fingerprint density at radius 2 is 1.94 bits per heavy atom. The highest BCUT2D eigenvalue weighted by Crippen LogP contribution is 2.36. The number of hydrogen-bond donors (Lipinski definition) is 1. The molecular formula is C15H30N2. The maximum absolute atomic E-state index is 3.65. The van der Waals surface area contributed by atoms with E-state index < -0.39 is 0 Å². The Morgan fingerprint density at radius 1 is 1.24 bits per heavy atom. The van der Waals surface area contributed by atoms with Gasteiger partial charge in [0.2, 0.25) is 0 Å². The van der Waals surface area contributed by atoms with Gasteiger partial charge in [-0.3, -0.25) is 4.90 Å². The van der Waals surface area contributed by atoms with E-state index in [-0.39, 0.29) is 0 Å². The lowest BCUT2D eigenvalue weighted by atomic mass is 9.85. The smallest absolute Gasteiger partial charge is 0.0120 e. The molecule has 2 fully saturated rings. The maximum Gasteiger partial charge on any atom is 0.0120 e. The summed E-state index contributed by atoms with van der Waals surface area (Å²) in [6, 6.07) is 2.27. The summed E-state index contributed by atoms with van der Waals surface area (Å²) >= 11 is 0. The van der Waals surface area contributed by atoms with Crippen LogP contribution in [0.5, 0.6) is 0 Å². The summed E-state index contributed by atoms with van der Waals surface area (Å²) < 4.78 is 0. The first-order valence-electron chi connectivity index (χ1n) is 7.62. The molecule has 0 radical (unpaired) electrons. The van der Waals surface area contributed by atoms with Crippen LogP contribution in [-0.2, 0) is 0 Å². The Morgan fingerprint density at radius 3 is 2.53 bits per heavy atom. The van der Waals surface area contributed by atoms with E-state index in [2.05, 4.69) is 37.9 Å². The third kappa shape index (κ3) is 3.23. The maximum atomic E-state index is 3.65. The van der Waals surface area contributed by atoms with Crippen LogP contribution in [0.2, 0.25) is 0 Å². The average molecular weight is 238 g/mol. The molecule has 1 saturated carbocycles. The molecular weight excluding hydrogens is 208 g/mol. The average Bonchev–Trinajstić information content (AvgIpc) is 3.09. The quantitative estimate of drug-likeness (QED) is 0.792. The summed E-state index contributed by atoms with van der Waals surface area (Å²) in [7, 11) is 0. The van der Waals surface area contributed by atoms with Crippen molar-refractivity contribution in [1.82, 2.24) is 10.2 Å². The second-order valence-electron chi connectivity index (χ2n) is 6.32. The van der Waals surface area contributed by atoms with Gasteiger partial charge >= 0.3 is 0 Å². The summed E-state index contributed by atoms with van der Waals surface area (Å²) in [5.41, 5.74) is 0. The van der Waals surface area contributed by atoms with Crippen LogP contribution >= 0.6 is 0 Å². The van der Waals surface area contributed by atoms with Gasteiger partial charge in [0.1, 0.15) is 0 Å². The highest BCUT2D eigenvalue weighted by atomic mass is 15.2. The zero-order chi connectivity index (χ0) is 12.4. The highest BCUT2D eigenvalue weighted by molar-refractivity contribution is 4.91. The van der Waals surface area contributed by atoms with Gasteiger partial charge in [0.25, 0.3) is 0 Å². The van der Waals surface area contributed by atoms with Crippen molar-refractivity contribution in [2.75, 3.05) is 13.1 Å². The summed E-state index contributed by atoms with van der Waals surface area (Å²) in [5, 5.41) is 3.65. The first kappa shape index (κ1) is 13.4. The normalized spacial score (nSPS) is 37.1. The molecule has 2 nitrogen and oxygen atoms in total. The number of likely N-dealkylation sites (tertiary alicyclic amines) is 1. The van der Waals surface area contributed by atoms with Gasteiger partial charge in [-0.1, -0.05) is 26.7 Å². The van der Waals surface area contributed by atoms with Gasteiger partial charge in [-0.15, -0.1) is 0 Å². The van der Waals surface area contributed by atoms with E-state index >= 15 is 0 Å². The minimum atomic E-state index is 0.736. The van der Waals surface area contributed by atoms with E-state index in [1.807, 2.05) is 0 Å². The molecule has 1 aliphatic carbocycles. The molecule has 17 heavy (non-hydrogen) atoms. The van der Waals surface area contributed by atoms with E-state index in [0.717, 1.165) is 36.5 Å². The monoisotopic (exact) mass is 238 g/mol. The standard InChI is InChI=1S/C15H30N2/c1-5-16-15-8-9-17(13(4)12(15)3)11(2)10-14-6-7-14/h11-16H,5-10H2,1-4H3. The Kier molecular flexibility index (Phi) is 4.48. The predicted molar refractivity (Wildman–Crippen MR) is 74.2 cm³/mol. The van der Waals surface area contributed by atoms with Gasteiger partial charge in [-0.25, -0.2) is 0 Å². The summed E-state index contributed by atoms with van der Waals surface area (Å²) in [5.74, 6) is 1.84. The third-order valence-electron chi connectivity index (χ3n) is 5.02. The zero-order valence-electron chi connectivity index (χ0n) is 12.1. The zero-order valence-corrected chi connectivity index (χ0v) is 12.1. The van der Waals surface area contributed by atoms with Crippen molar-refractivity contribution in [2.24, 2.45) is 11.8 Å². The fourth-order valence-electron chi connectivity index (χ4n) is 3.54. The lowest BCUT2D eigenvalue weighted by Gasteiger charge is -2.46. The first-order valence-corrected chi connectivity index (χ1v) is 7.62. The van der Waals surface area contributed by atoms with E-state index in [1.165, 1.54) is 32.2 Å². The molecule has 0 spiro atoms. The molecule has 2 rings (SSSR count). The van der Waals surface area contributed by atoms with Gasteiger partial charge in [0.05, 0.1) is 0 Å². The molecule has 4 unspecified atom stereocenters. The Balaban J connectivity index is 1.87. The summed E-state index contributed by atoms with van der Waals surface area (Å²) in [6.45, 7) is 11.9. The van der Waals surface area contributed by atoms with Crippen molar-refractivity contribution in [1.29, 1.82) is 0 Å². The Bertz CT molecular complexity index is 237.